The number of nitrogens with zero attached hydrogens (tertiary/aromatic N) is 2. The number of hydrogen-bond donors (Lipinski definition) is 1. The van der Waals surface area contributed by atoms with E-state index < -0.39 is 5.60 Å². The van der Waals surface area contributed by atoms with Gasteiger partial charge in [-0.25, -0.2) is 9.78 Å². The van der Waals surface area contributed by atoms with E-state index in [2.05, 4.69) is 10.3 Å². The van der Waals surface area contributed by atoms with E-state index in [9.17, 15) is 4.79 Å². The van der Waals surface area contributed by atoms with Crippen molar-refractivity contribution in [2.45, 2.75) is 52.8 Å². The zero-order valence-corrected chi connectivity index (χ0v) is 13.0. The summed E-state index contributed by atoms with van der Waals surface area (Å²) in [5.74, 6) is 0.776. The lowest BCUT2D eigenvalue weighted by Gasteiger charge is -2.30. The van der Waals surface area contributed by atoms with Crippen molar-refractivity contribution in [3.8, 4) is 0 Å². The fraction of sp³-hybridized carbons (Fsp3) is 0.714. The molecule has 0 spiro atoms. The third-order valence-electron chi connectivity index (χ3n) is 2.56. The SMILES string of the molecule is CC(C)N(CCNCc1cnco1)C(=O)OC(C)(C)C. The van der Waals surface area contributed by atoms with Gasteiger partial charge in [-0.05, 0) is 34.6 Å². The summed E-state index contributed by atoms with van der Waals surface area (Å²) in [7, 11) is 0. The minimum absolute atomic E-state index is 0.0944. The summed E-state index contributed by atoms with van der Waals surface area (Å²) in [4.78, 5) is 17.6. The molecule has 6 nitrogen and oxygen atoms in total. The first kappa shape index (κ1) is 16.5. The lowest BCUT2D eigenvalue weighted by Crippen LogP contribution is -2.44. The Kier molecular flexibility index (Phi) is 6.01. The van der Waals surface area contributed by atoms with E-state index in [1.165, 1.54) is 6.39 Å². The van der Waals surface area contributed by atoms with Gasteiger partial charge < -0.3 is 19.4 Å². The van der Waals surface area contributed by atoms with Crippen molar-refractivity contribution in [3.05, 3.63) is 18.4 Å². The molecule has 1 rings (SSSR count). The Morgan fingerprint density at radius 3 is 2.70 bits per heavy atom. The molecule has 0 saturated carbocycles. The predicted molar refractivity (Wildman–Crippen MR) is 76.3 cm³/mol. The maximum atomic E-state index is 12.1. The van der Waals surface area contributed by atoms with Crippen LogP contribution < -0.4 is 5.32 Å². The van der Waals surface area contributed by atoms with Crippen LogP contribution in [0.5, 0.6) is 0 Å². The van der Waals surface area contributed by atoms with Crippen LogP contribution >= 0.6 is 0 Å². The molecule has 0 radical (unpaired) electrons. The molecule has 0 aliphatic carbocycles. The van der Waals surface area contributed by atoms with Gasteiger partial charge >= 0.3 is 6.09 Å². The molecule has 1 aromatic heterocycles. The molecule has 0 aliphatic rings. The van der Waals surface area contributed by atoms with Gasteiger partial charge in [-0.3, -0.25) is 0 Å². The Hall–Kier alpha value is -1.56. The number of ether oxygens (including phenoxy) is 1. The third kappa shape index (κ3) is 6.06. The van der Waals surface area contributed by atoms with E-state index in [0.717, 1.165) is 5.76 Å². The summed E-state index contributed by atoms with van der Waals surface area (Å²) in [6, 6.07) is 0.0944. The van der Waals surface area contributed by atoms with Crippen molar-refractivity contribution in [3.63, 3.8) is 0 Å². The van der Waals surface area contributed by atoms with E-state index >= 15 is 0 Å². The highest BCUT2D eigenvalue weighted by molar-refractivity contribution is 5.68. The van der Waals surface area contributed by atoms with Crippen LogP contribution in [-0.2, 0) is 11.3 Å². The second-order valence-corrected chi connectivity index (χ2v) is 5.91. The topological polar surface area (TPSA) is 67.6 Å². The zero-order valence-electron chi connectivity index (χ0n) is 13.0. The van der Waals surface area contributed by atoms with Crippen LogP contribution in [0, 0.1) is 0 Å². The maximum absolute atomic E-state index is 12.1. The van der Waals surface area contributed by atoms with Gasteiger partial charge in [0.2, 0.25) is 0 Å². The van der Waals surface area contributed by atoms with E-state index in [-0.39, 0.29) is 12.1 Å². The normalized spacial score (nSPS) is 11.7. The minimum Gasteiger partial charge on any atom is -0.447 e. The molecule has 20 heavy (non-hydrogen) atoms. The molecule has 0 atom stereocenters. The van der Waals surface area contributed by atoms with Crippen LogP contribution in [0.15, 0.2) is 17.0 Å². The van der Waals surface area contributed by atoms with Crippen molar-refractivity contribution in [2.75, 3.05) is 13.1 Å². The standard InChI is InChI=1S/C14H25N3O3/c1-11(2)17(13(18)20-14(3,4)5)7-6-15-8-12-9-16-10-19-12/h9-11,15H,6-8H2,1-5H3. The fourth-order valence-electron chi connectivity index (χ4n) is 1.62. The quantitative estimate of drug-likeness (QED) is 0.812. The van der Waals surface area contributed by atoms with E-state index in [0.29, 0.717) is 19.6 Å². The average molecular weight is 283 g/mol. The first-order chi connectivity index (χ1) is 9.29. The van der Waals surface area contributed by atoms with Crippen molar-refractivity contribution < 1.29 is 13.9 Å². The smallest absolute Gasteiger partial charge is 0.410 e. The van der Waals surface area contributed by atoms with Gasteiger partial charge in [0.15, 0.2) is 6.39 Å². The minimum atomic E-state index is -0.475. The van der Waals surface area contributed by atoms with E-state index in [1.54, 1.807) is 11.1 Å². The molecule has 0 unspecified atom stereocenters. The van der Waals surface area contributed by atoms with Crippen LogP contribution in [0.3, 0.4) is 0 Å². The molecular weight excluding hydrogens is 258 g/mol. The Morgan fingerprint density at radius 1 is 1.50 bits per heavy atom. The van der Waals surface area contributed by atoms with Gasteiger partial charge in [0.1, 0.15) is 11.4 Å². The van der Waals surface area contributed by atoms with Crippen LogP contribution in [0.1, 0.15) is 40.4 Å². The third-order valence-corrected chi connectivity index (χ3v) is 2.56. The summed E-state index contributed by atoms with van der Waals surface area (Å²) in [6.45, 7) is 11.4. The van der Waals surface area contributed by atoms with Crippen molar-refractivity contribution >= 4 is 6.09 Å². The second kappa shape index (κ2) is 7.28. The summed E-state index contributed by atoms with van der Waals surface area (Å²) >= 11 is 0. The van der Waals surface area contributed by atoms with Gasteiger partial charge in [0.25, 0.3) is 0 Å². The number of amides is 1. The number of carbonyl (C=O) groups excluding carboxylic acids is 1. The zero-order chi connectivity index (χ0) is 15.2. The number of aromatic nitrogens is 1. The van der Waals surface area contributed by atoms with Crippen molar-refractivity contribution in [1.82, 2.24) is 15.2 Å². The highest BCUT2D eigenvalue weighted by atomic mass is 16.6. The lowest BCUT2D eigenvalue weighted by atomic mass is 10.2. The second-order valence-electron chi connectivity index (χ2n) is 5.91. The highest BCUT2D eigenvalue weighted by Crippen LogP contribution is 2.11. The molecule has 0 aromatic carbocycles. The molecule has 0 fully saturated rings. The van der Waals surface area contributed by atoms with Gasteiger partial charge in [-0.2, -0.15) is 0 Å². The maximum Gasteiger partial charge on any atom is 0.410 e. The summed E-state index contributed by atoms with van der Waals surface area (Å²) in [6.07, 6.45) is 2.79. The molecule has 1 N–H and O–H groups in total. The first-order valence-electron chi connectivity index (χ1n) is 6.87. The Morgan fingerprint density at radius 2 is 2.20 bits per heavy atom. The molecule has 114 valence electrons. The van der Waals surface area contributed by atoms with Gasteiger partial charge in [0.05, 0.1) is 12.7 Å². The molecule has 1 heterocycles. The summed E-state index contributed by atoms with van der Waals surface area (Å²) in [5, 5.41) is 3.21. The van der Waals surface area contributed by atoms with E-state index in [4.69, 9.17) is 9.15 Å². The summed E-state index contributed by atoms with van der Waals surface area (Å²) in [5.41, 5.74) is -0.475. The Labute approximate surface area is 120 Å². The Bertz CT molecular complexity index is 396. The molecular formula is C14H25N3O3. The lowest BCUT2D eigenvalue weighted by molar-refractivity contribution is 0.0193. The van der Waals surface area contributed by atoms with Crippen LogP contribution in [-0.4, -0.2) is 40.7 Å². The first-order valence-corrected chi connectivity index (χ1v) is 6.87. The van der Waals surface area contributed by atoms with Gasteiger partial charge in [-0.15, -0.1) is 0 Å². The van der Waals surface area contributed by atoms with Crippen LogP contribution in [0.25, 0.3) is 0 Å². The number of oxazole rings is 1. The van der Waals surface area contributed by atoms with Crippen molar-refractivity contribution in [2.24, 2.45) is 0 Å². The van der Waals surface area contributed by atoms with Crippen LogP contribution in [0.2, 0.25) is 0 Å². The molecule has 0 saturated heterocycles. The molecule has 6 heteroatoms. The number of hydrogen-bond acceptors (Lipinski definition) is 5. The predicted octanol–water partition coefficient (Wildman–Crippen LogP) is 2.41. The van der Waals surface area contributed by atoms with E-state index in [1.807, 2.05) is 34.6 Å². The molecule has 1 aromatic rings. The van der Waals surface area contributed by atoms with Gasteiger partial charge in [0, 0.05) is 19.1 Å². The summed E-state index contributed by atoms with van der Waals surface area (Å²) < 4.78 is 10.5. The monoisotopic (exact) mass is 283 g/mol. The fourth-order valence-corrected chi connectivity index (χ4v) is 1.62. The molecule has 0 bridgehead atoms. The number of nitrogens with one attached hydrogen (secondary N) is 1. The molecule has 1 amide bonds. The number of rotatable bonds is 6. The number of carbonyl (C=O) groups is 1. The average Bonchev–Trinajstić information content (AvgIpc) is 2.78. The Balaban J connectivity index is 2.37. The van der Waals surface area contributed by atoms with Crippen LogP contribution in [0.4, 0.5) is 4.79 Å². The highest BCUT2D eigenvalue weighted by Gasteiger charge is 2.23. The largest absolute Gasteiger partial charge is 0.447 e. The molecule has 0 aliphatic heterocycles. The van der Waals surface area contributed by atoms with Crippen molar-refractivity contribution in [1.29, 1.82) is 0 Å². The van der Waals surface area contributed by atoms with Gasteiger partial charge in [-0.1, -0.05) is 0 Å².